The lowest BCUT2D eigenvalue weighted by Gasteiger charge is -2.14. The number of aromatic nitrogens is 1. The van der Waals surface area contributed by atoms with E-state index < -0.39 is 18.4 Å². The van der Waals surface area contributed by atoms with E-state index in [1.54, 1.807) is 25.1 Å². The van der Waals surface area contributed by atoms with Gasteiger partial charge in [0.2, 0.25) is 5.88 Å². The average molecular weight is 487 g/mol. The summed E-state index contributed by atoms with van der Waals surface area (Å²) in [5.41, 5.74) is 2.10. The van der Waals surface area contributed by atoms with Crippen LogP contribution in [0.1, 0.15) is 28.5 Å². The van der Waals surface area contributed by atoms with E-state index in [1.807, 2.05) is 36.4 Å². The second kappa shape index (κ2) is 11.2. The topological polar surface area (TPSA) is 118 Å². The molecule has 0 fully saturated rings. The van der Waals surface area contributed by atoms with E-state index in [1.165, 1.54) is 5.56 Å². The van der Waals surface area contributed by atoms with Gasteiger partial charge in [-0.3, -0.25) is 9.59 Å². The monoisotopic (exact) mass is 486 g/mol. The molecular weight excluding hydrogens is 460 g/mol. The number of aromatic hydroxyl groups is 1. The lowest BCUT2D eigenvalue weighted by Crippen LogP contribution is -2.30. The maximum absolute atomic E-state index is 12.4. The van der Waals surface area contributed by atoms with E-state index in [4.69, 9.17) is 14.6 Å². The fourth-order valence-corrected chi connectivity index (χ4v) is 3.79. The van der Waals surface area contributed by atoms with Crippen molar-refractivity contribution in [3.63, 3.8) is 0 Å². The first-order valence-corrected chi connectivity index (χ1v) is 11.5. The summed E-state index contributed by atoms with van der Waals surface area (Å²) in [6.07, 6.45) is 1.79. The van der Waals surface area contributed by atoms with Gasteiger partial charge in [0, 0.05) is 5.39 Å². The molecule has 0 unspecified atom stereocenters. The highest BCUT2D eigenvalue weighted by molar-refractivity contribution is 6.04. The maximum Gasteiger partial charge on any atom is 0.322 e. The van der Waals surface area contributed by atoms with Crippen LogP contribution in [0.2, 0.25) is 0 Å². The number of amides is 1. The molecule has 0 aliphatic carbocycles. The Labute approximate surface area is 208 Å². The second-order valence-electron chi connectivity index (χ2n) is 8.07. The number of nitrogens with zero attached hydrogens (tertiary/aromatic N) is 1. The normalized spacial score (nSPS) is 10.7. The van der Waals surface area contributed by atoms with Crippen molar-refractivity contribution < 1.29 is 29.3 Å². The van der Waals surface area contributed by atoms with Crippen LogP contribution in [0.25, 0.3) is 10.8 Å². The minimum absolute atomic E-state index is 0.132. The summed E-state index contributed by atoms with van der Waals surface area (Å²) in [5.74, 6) is -1.09. The lowest BCUT2D eigenvalue weighted by molar-refractivity contribution is -0.135. The zero-order valence-electron chi connectivity index (χ0n) is 19.7. The molecule has 3 N–H and O–H groups in total. The number of hydrogen-bond donors (Lipinski definition) is 3. The van der Waals surface area contributed by atoms with Gasteiger partial charge in [0.05, 0.1) is 12.0 Å². The van der Waals surface area contributed by atoms with Crippen LogP contribution < -0.4 is 14.8 Å². The van der Waals surface area contributed by atoms with Gasteiger partial charge in [-0.25, -0.2) is 4.98 Å². The van der Waals surface area contributed by atoms with Crippen LogP contribution >= 0.6 is 0 Å². The Morgan fingerprint density at radius 3 is 2.36 bits per heavy atom. The second-order valence-corrected chi connectivity index (χ2v) is 8.07. The van der Waals surface area contributed by atoms with Crippen LogP contribution in [-0.4, -0.2) is 40.2 Å². The van der Waals surface area contributed by atoms with Crippen LogP contribution in [0.5, 0.6) is 23.1 Å². The molecular formula is C28H26N2O6. The molecule has 36 heavy (non-hydrogen) atoms. The van der Waals surface area contributed by atoms with Crippen LogP contribution in [-0.2, 0) is 17.6 Å². The molecule has 0 saturated carbocycles. The first-order valence-electron chi connectivity index (χ1n) is 11.5. The molecule has 8 nitrogen and oxygen atoms in total. The summed E-state index contributed by atoms with van der Waals surface area (Å²) in [7, 11) is 0. The van der Waals surface area contributed by atoms with Crippen LogP contribution in [0.4, 0.5) is 0 Å². The molecule has 1 amide bonds. The average Bonchev–Trinajstić information content (AvgIpc) is 2.88. The van der Waals surface area contributed by atoms with E-state index in [9.17, 15) is 14.7 Å². The molecule has 184 valence electrons. The Morgan fingerprint density at radius 2 is 1.61 bits per heavy atom. The van der Waals surface area contributed by atoms with E-state index in [0.29, 0.717) is 22.3 Å². The molecule has 1 aromatic heterocycles. The number of carboxylic acids is 1. The maximum atomic E-state index is 12.4. The van der Waals surface area contributed by atoms with Gasteiger partial charge in [0.1, 0.15) is 18.0 Å². The van der Waals surface area contributed by atoms with Gasteiger partial charge in [-0.15, -0.1) is 0 Å². The SMILES string of the molecule is CCOc1nc(C(=O)NCC(=O)O)c(O)c2ccc(Oc3cccc(CCc4ccccc4)c3)cc12. The predicted molar refractivity (Wildman–Crippen MR) is 135 cm³/mol. The van der Waals surface area contributed by atoms with E-state index in [-0.39, 0.29) is 23.9 Å². The van der Waals surface area contributed by atoms with Crippen molar-refractivity contribution in [2.24, 2.45) is 0 Å². The van der Waals surface area contributed by atoms with Gasteiger partial charge >= 0.3 is 5.97 Å². The minimum Gasteiger partial charge on any atom is -0.505 e. The number of carbonyl (C=O) groups excluding carboxylic acids is 1. The Hall–Kier alpha value is -4.59. The number of pyridine rings is 1. The van der Waals surface area contributed by atoms with Gasteiger partial charge in [0.15, 0.2) is 11.4 Å². The quantitative estimate of drug-likeness (QED) is 0.297. The van der Waals surface area contributed by atoms with E-state index in [2.05, 4.69) is 28.5 Å². The van der Waals surface area contributed by atoms with Crippen molar-refractivity contribution in [1.82, 2.24) is 10.3 Å². The minimum atomic E-state index is -1.21. The number of fused-ring (bicyclic) bond motifs is 1. The summed E-state index contributed by atoms with van der Waals surface area (Å²) in [4.78, 5) is 27.3. The molecule has 0 bridgehead atoms. The fourth-order valence-electron chi connectivity index (χ4n) is 3.79. The number of benzene rings is 3. The van der Waals surface area contributed by atoms with Crippen molar-refractivity contribution in [2.75, 3.05) is 13.2 Å². The van der Waals surface area contributed by atoms with Crippen molar-refractivity contribution >= 4 is 22.6 Å². The molecule has 0 saturated heterocycles. The highest BCUT2D eigenvalue weighted by Crippen LogP contribution is 2.37. The largest absolute Gasteiger partial charge is 0.505 e. The van der Waals surface area contributed by atoms with Crippen molar-refractivity contribution in [2.45, 2.75) is 19.8 Å². The molecule has 4 aromatic rings. The van der Waals surface area contributed by atoms with E-state index >= 15 is 0 Å². The number of aryl methyl sites for hydroxylation is 2. The van der Waals surface area contributed by atoms with Crippen molar-refractivity contribution in [3.8, 4) is 23.1 Å². The number of aliphatic carboxylic acids is 1. The highest BCUT2D eigenvalue weighted by Gasteiger charge is 2.21. The fraction of sp³-hybridized carbons (Fsp3) is 0.179. The van der Waals surface area contributed by atoms with Crippen LogP contribution in [0.15, 0.2) is 72.8 Å². The smallest absolute Gasteiger partial charge is 0.322 e. The summed E-state index contributed by atoms with van der Waals surface area (Å²) in [6.45, 7) is 1.45. The number of carboxylic acid groups (broad SMARTS) is 1. The van der Waals surface area contributed by atoms with Crippen LogP contribution in [0.3, 0.4) is 0 Å². The molecule has 0 aliphatic rings. The summed E-state index contributed by atoms with van der Waals surface area (Å²) in [6, 6.07) is 23.1. The van der Waals surface area contributed by atoms with Gasteiger partial charge < -0.3 is 25.0 Å². The Morgan fingerprint density at radius 1 is 0.889 bits per heavy atom. The molecule has 0 atom stereocenters. The molecule has 0 spiro atoms. The zero-order chi connectivity index (χ0) is 25.5. The Bertz CT molecular complexity index is 1390. The van der Waals surface area contributed by atoms with Gasteiger partial charge in [-0.1, -0.05) is 42.5 Å². The van der Waals surface area contributed by atoms with Gasteiger partial charge in [-0.05, 0) is 61.2 Å². The lowest BCUT2D eigenvalue weighted by atomic mass is 10.0. The van der Waals surface area contributed by atoms with E-state index in [0.717, 1.165) is 18.4 Å². The third-order valence-corrected chi connectivity index (χ3v) is 5.49. The molecule has 0 radical (unpaired) electrons. The zero-order valence-corrected chi connectivity index (χ0v) is 19.7. The number of ether oxygens (including phenoxy) is 2. The highest BCUT2D eigenvalue weighted by atomic mass is 16.5. The molecule has 3 aromatic carbocycles. The third kappa shape index (κ3) is 5.90. The molecule has 4 rings (SSSR count). The predicted octanol–water partition coefficient (Wildman–Crippen LogP) is 4.73. The summed E-state index contributed by atoms with van der Waals surface area (Å²) in [5, 5.41) is 22.5. The number of carbonyl (C=O) groups is 2. The number of nitrogens with one attached hydrogen (secondary N) is 1. The van der Waals surface area contributed by atoms with Crippen molar-refractivity contribution in [1.29, 1.82) is 0 Å². The third-order valence-electron chi connectivity index (χ3n) is 5.49. The Kier molecular flexibility index (Phi) is 7.65. The number of hydrogen-bond acceptors (Lipinski definition) is 6. The first-order chi connectivity index (χ1) is 17.4. The number of rotatable bonds is 10. The van der Waals surface area contributed by atoms with Gasteiger partial charge in [-0.2, -0.15) is 0 Å². The first kappa shape index (κ1) is 24.5. The van der Waals surface area contributed by atoms with Gasteiger partial charge in [0.25, 0.3) is 5.91 Å². The molecule has 8 heteroatoms. The standard InChI is InChI=1S/C28H26N2O6/c1-2-35-28-23-16-21(13-14-22(23)26(33)25(30-28)27(34)29-17-24(31)32)36-20-10-6-9-19(15-20)12-11-18-7-4-3-5-8-18/h3-10,13-16,33H,2,11-12,17H2,1H3,(H,29,34)(H,31,32). The Balaban J connectivity index is 1.58. The molecule has 1 heterocycles. The molecule has 0 aliphatic heterocycles. The summed E-state index contributed by atoms with van der Waals surface area (Å²) < 4.78 is 11.7. The summed E-state index contributed by atoms with van der Waals surface area (Å²) >= 11 is 0. The van der Waals surface area contributed by atoms with Crippen LogP contribution in [0, 0.1) is 0 Å². The van der Waals surface area contributed by atoms with Crippen molar-refractivity contribution in [3.05, 3.63) is 89.6 Å².